The number of carboxylic acids is 1. The van der Waals surface area contributed by atoms with Crippen LogP contribution >= 0.6 is 0 Å². The average molecular weight is 475 g/mol. The molecule has 5 saturated carbocycles. The normalized spacial score (nSPS) is 55.9. The van der Waals surface area contributed by atoms with Crippen LogP contribution in [-0.2, 0) is 4.79 Å². The number of rotatable bonds is 2. The molecular formula is C30H47FO3. The van der Waals surface area contributed by atoms with Gasteiger partial charge in [-0.3, -0.25) is 4.79 Å². The van der Waals surface area contributed by atoms with Crippen LogP contribution in [0.5, 0.6) is 0 Å². The summed E-state index contributed by atoms with van der Waals surface area (Å²) in [5, 5.41) is 21.3. The molecule has 34 heavy (non-hydrogen) atoms. The highest BCUT2D eigenvalue weighted by Crippen LogP contribution is 2.77. The van der Waals surface area contributed by atoms with Gasteiger partial charge in [-0.1, -0.05) is 46.8 Å². The van der Waals surface area contributed by atoms with Crippen molar-refractivity contribution in [1.82, 2.24) is 0 Å². The molecule has 3 nitrogen and oxygen atoms in total. The van der Waals surface area contributed by atoms with E-state index in [1.165, 1.54) is 0 Å². The Morgan fingerprint density at radius 1 is 0.912 bits per heavy atom. The first kappa shape index (κ1) is 24.8. The summed E-state index contributed by atoms with van der Waals surface area (Å²) in [6.45, 7) is 17.9. The lowest BCUT2D eigenvalue weighted by atomic mass is 9.32. The van der Waals surface area contributed by atoms with Crippen molar-refractivity contribution >= 4 is 5.97 Å². The van der Waals surface area contributed by atoms with Gasteiger partial charge in [0.15, 0.2) is 0 Å². The SMILES string of the molecule is C=C(C)[C@@H]1CC[C@]2(C(=O)O)CC[C@]3(C)[C@H](CC[C@@H]4[C@@]5(C)C[C@H](F)[C@H](O)C(C)(C)[C@@H]5CC[C@]43C)[C@@H]12. The van der Waals surface area contributed by atoms with Gasteiger partial charge in [-0.05, 0) is 116 Å². The summed E-state index contributed by atoms with van der Waals surface area (Å²) in [7, 11) is 0. The third-order valence-corrected chi connectivity index (χ3v) is 13.4. The summed E-state index contributed by atoms with van der Waals surface area (Å²) in [6, 6.07) is 0. The number of allylic oxidation sites excluding steroid dienone is 1. The lowest BCUT2D eigenvalue weighted by Crippen LogP contribution is -2.68. The molecule has 0 spiro atoms. The molecule has 0 bridgehead atoms. The number of aliphatic carboxylic acids is 1. The van der Waals surface area contributed by atoms with Crippen LogP contribution in [0.1, 0.15) is 99.3 Å². The second-order valence-corrected chi connectivity index (χ2v) is 14.6. The summed E-state index contributed by atoms with van der Waals surface area (Å²) in [4.78, 5) is 12.7. The molecule has 4 heteroatoms. The molecule has 11 atom stereocenters. The molecule has 0 heterocycles. The van der Waals surface area contributed by atoms with Gasteiger partial charge in [-0.2, -0.15) is 0 Å². The minimum atomic E-state index is -1.17. The monoisotopic (exact) mass is 474 g/mol. The highest BCUT2D eigenvalue weighted by Gasteiger charge is 2.72. The van der Waals surface area contributed by atoms with E-state index in [2.05, 4.69) is 48.1 Å². The molecule has 192 valence electrons. The molecule has 5 fully saturated rings. The van der Waals surface area contributed by atoms with Crippen molar-refractivity contribution in [3.8, 4) is 0 Å². The third kappa shape index (κ3) is 2.76. The Balaban J connectivity index is 1.57. The van der Waals surface area contributed by atoms with E-state index >= 15 is 4.39 Å². The number of aliphatic hydroxyl groups excluding tert-OH is 1. The Morgan fingerprint density at radius 3 is 2.21 bits per heavy atom. The highest BCUT2D eigenvalue weighted by molar-refractivity contribution is 5.76. The number of hydrogen-bond donors (Lipinski definition) is 2. The van der Waals surface area contributed by atoms with E-state index in [-0.39, 0.29) is 22.2 Å². The number of carbonyl (C=O) groups is 1. The number of hydrogen-bond acceptors (Lipinski definition) is 2. The fourth-order valence-corrected chi connectivity index (χ4v) is 11.6. The summed E-state index contributed by atoms with van der Waals surface area (Å²) >= 11 is 0. The van der Waals surface area contributed by atoms with Crippen LogP contribution in [0.25, 0.3) is 0 Å². The maximum atomic E-state index is 15.3. The number of alkyl halides is 1. The molecule has 5 rings (SSSR count). The Labute approximate surface area is 206 Å². The van der Waals surface area contributed by atoms with Crippen LogP contribution in [0.15, 0.2) is 12.2 Å². The molecule has 0 radical (unpaired) electrons. The standard InChI is InChI=1S/C30H47FO3/c1-17(2)18-10-13-30(25(33)34)15-14-28(6)19(23(18)30)8-9-22-27(5)16-20(31)24(32)26(3,4)21(27)11-12-29(22,28)7/h18-24,32H,1,8-16H2,2-7H3,(H,33,34)/t18-,19+,20-,21-,22+,23+,24-,27-,28+,29+,30-/m0/s1. The van der Waals surface area contributed by atoms with Crippen LogP contribution in [0.3, 0.4) is 0 Å². The zero-order chi connectivity index (χ0) is 25.1. The molecule has 0 aliphatic heterocycles. The zero-order valence-electron chi connectivity index (χ0n) is 22.3. The number of fused-ring (bicyclic) bond motifs is 7. The van der Waals surface area contributed by atoms with E-state index in [0.717, 1.165) is 56.9 Å². The molecule has 0 aromatic heterocycles. The molecule has 2 N–H and O–H groups in total. The number of halogens is 1. The topological polar surface area (TPSA) is 57.5 Å². The van der Waals surface area contributed by atoms with Crippen LogP contribution < -0.4 is 0 Å². The highest BCUT2D eigenvalue weighted by atomic mass is 19.1. The van der Waals surface area contributed by atoms with Crippen LogP contribution in [0.2, 0.25) is 0 Å². The first-order chi connectivity index (χ1) is 15.7. The van der Waals surface area contributed by atoms with Crippen LogP contribution in [-0.4, -0.2) is 28.5 Å². The third-order valence-electron chi connectivity index (χ3n) is 13.4. The first-order valence-corrected chi connectivity index (χ1v) is 13.9. The van der Waals surface area contributed by atoms with Crippen molar-refractivity contribution in [2.75, 3.05) is 0 Å². The van der Waals surface area contributed by atoms with Gasteiger partial charge in [-0.15, -0.1) is 0 Å². The molecule has 5 aliphatic rings. The van der Waals surface area contributed by atoms with Crippen molar-refractivity contribution in [2.45, 2.75) is 112 Å². The Hall–Kier alpha value is -0.900. The van der Waals surface area contributed by atoms with Crippen molar-refractivity contribution in [2.24, 2.45) is 56.7 Å². The van der Waals surface area contributed by atoms with Crippen molar-refractivity contribution in [3.63, 3.8) is 0 Å². The maximum absolute atomic E-state index is 15.3. The number of aliphatic hydroxyl groups is 1. The van der Waals surface area contributed by atoms with Crippen molar-refractivity contribution in [3.05, 3.63) is 12.2 Å². The van der Waals surface area contributed by atoms with Crippen molar-refractivity contribution < 1.29 is 19.4 Å². The zero-order valence-corrected chi connectivity index (χ0v) is 22.3. The van der Waals surface area contributed by atoms with E-state index in [9.17, 15) is 15.0 Å². The molecule has 5 aliphatic carbocycles. The smallest absolute Gasteiger partial charge is 0.309 e. The molecule has 0 aromatic carbocycles. The fourth-order valence-electron chi connectivity index (χ4n) is 11.6. The number of carboxylic acid groups (broad SMARTS) is 1. The summed E-state index contributed by atoms with van der Waals surface area (Å²) in [5.41, 5.74) is 0.118. The predicted molar refractivity (Wildman–Crippen MR) is 133 cm³/mol. The van der Waals surface area contributed by atoms with Gasteiger partial charge in [0.2, 0.25) is 0 Å². The summed E-state index contributed by atoms with van der Waals surface area (Å²) in [5.74, 6) is 0.985. The van der Waals surface area contributed by atoms with E-state index in [0.29, 0.717) is 30.1 Å². The second-order valence-electron chi connectivity index (χ2n) is 14.6. The largest absolute Gasteiger partial charge is 0.481 e. The average Bonchev–Trinajstić information content (AvgIpc) is 3.14. The molecule has 0 amide bonds. The van der Waals surface area contributed by atoms with Gasteiger partial charge in [0.05, 0.1) is 11.5 Å². The van der Waals surface area contributed by atoms with Crippen LogP contribution in [0, 0.1) is 56.7 Å². The van der Waals surface area contributed by atoms with Crippen LogP contribution in [0.4, 0.5) is 4.39 Å². The molecular weight excluding hydrogens is 427 g/mol. The molecule has 0 unspecified atom stereocenters. The molecule has 0 saturated heterocycles. The Morgan fingerprint density at radius 2 is 1.59 bits per heavy atom. The second kappa shape index (κ2) is 7.33. The van der Waals surface area contributed by atoms with E-state index < -0.39 is 29.1 Å². The fraction of sp³-hybridized carbons (Fsp3) is 0.900. The first-order valence-electron chi connectivity index (χ1n) is 13.9. The van der Waals surface area contributed by atoms with E-state index in [1.807, 2.05) is 0 Å². The van der Waals surface area contributed by atoms with E-state index in [1.54, 1.807) is 0 Å². The lowest BCUT2D eigenvalue weighted by Gasteiger charge is -2.72. The van der Waals surface area contributed by atoms with E-state index in [4.69, 9.17) is 0 Å². The molecule has 0 aromatic rings. The van der Waals surface area contributed by atoms with Gasteiger partial charge in [0.1, 0.15) is 6.17 Å². The Kier molecular flexibility index (Phi) is 5.34. The van der Waals surface area contributed by atoms with Gasteiger partial charge >= 0.3 is 5.97 Å². The minimum Gasteiger partial charge on any atom is -0.481 e. The predicted octanol–water partition coefficient (Wildman–Crippen LogP) is 7.04. The Bertz CT molecular complexity index is 897. The minimum absolute atomic E-state index is 0.0531. The summed E-state index contributed by atoms with van der Waals surface area (Å²) in [6.07, 6.45) is 6.09. The quantitative estimate of drug-likeness (QED) is 0.422. The lowest BCUT2D eigenvalue weighted by molar-refractivity contribution is -0.257. The maximum Gasteiger partial charge on any atom is 0.309 e. The van der Waals surface area contributed by atoms with Gasteiger partial charge in [0.25, 0.3) is 0 Å². The summed E-state index contributed by atoms with van der Waals surface area (Å²) < 4.78 is 15.3. The van der Waals surface area contributed by atoms with Crippen molar-refractivity contribution in [1.29, 1.82) is 0 Å². The van der Waals surface area contributed by atoms with Gasteiger partial charge in [-0.25, -0.2) is 4.39 Å². The van der Waals surface area contributed by atoms with Gasteiger partial charge < -0.3 is 10.2 Å². The van der Waals surface area contributed by atoms with Gasteiger partial charge in [0, 0.05) is 0 Å².